The van der Waals surface area contributed by atoms with E-state index in [1.54, 1.807) is 6.92 Å². The van der Waals surface area contributed by atoms with E-state index in [2.05, 4.69) is 5.32 Å². The van der Waals surface area contributed by atoms with Crippen molar-refractivity contribution in [3.05, 3.63) is 16.0 Å². The lowest BCUT2D eigenvalue weighted by molar-refractivity contribution is -0.117. The Morgan fingerprint density at radius 2 is 2.06 bits per heavy atom. The number of hydrogen-bond acceptors (Lipinski definition) is 4. The average molecular weight is 257 g/mol. The Kier molecular flexibility index (Phi) is 4.65. The molecule has 0 radical (unpaired) electrons. The van der Waals surface area contributed by atoms with E-state index in [9.17, 15) is 9.59 Å². The molecule has 1 amide bonds. The zero-order chi connectivity index (χ0) is 13.0. The van der Waals surface area contributed by atoms with Gasteiger partial charge in [-0.1, -0.05) is 0 Å². The summed E-state index contributed by atoms with van der Waals surface area (Å²) in [5, 5.41) is 12.1. The number of ether oxygens (including phenoxy) is 1. The molecule has 2 N–H and O–H groups in total. The minimum Gasteiger partial charge on any atom is -0.478 e. The van der Waals surface area contributed by atoms with Gasteiger partial charge in [0.25, 0.3) is 0 Å². The highest BCUT2D eigenvalue weighted by Crippen LogP contribution is 2.32. The smallest absolute Gasteiger partial charge is 0.338 e. The van der Waals surface area contributed by atoms with Crippen molar-refractivity contribution in [3.63, 3.8) is 0 Å². The molecule has 5 nitrogen and oxygen atoms in total. The third-order valence-electron chi connectivity index (χ3n) is 2.39. The summed E-state index contributed by atoms with van der Waals surface area (Å²) in [6.45, 7) is 3.88. The molecule has 0 aliphatic carbocycles. The van der Waals surface area contributed by atoms with Gasteiger partial charge in [0, 0.05) is 12.0 Å². The molecule has 0 aromatic carbocycles. The third-order valence-corrected chi connectivity index (χ3v) is 3.51. The van der Waals surface area contributed by atoms with Gasteiger partial charge in [0.2, 0.25) is 5.91 Å². The number of hydrogen-bond donors (Lipinski definition) is 2. The van der Waals surface area contributed by atoms with Gasteiger partial charge in [-0.15, -0.1) is 11.3 Å². The van der Waals surface area contributed by atoms with E-state index >= 15 is 0 Å². The number of anilines is 1. The first-order valence-corrected chi connectivity index (χ1v) is 5.91. The maximum absolute atomic E-state index is 11.5. The van der Waals surface area contributed by atoms with Crippen molar-refractivity contribution in [2.24, 2.45) is 0 Å². The van der Waals surface area contributed by atoms with Crippen LogP contribution in [0.25, 0.3) is 0 Å². The van der Waals surface area contributed by atoms with E-state index < -0.39 is 5.97 Å². The lowest BCUT2D eigenvalue weighted by atomic mass is 10.1. The molecule has 0 bridgehead atoms. The normalized spacial score (nSPS) is 10.3. The van der Waals surface area contributed by atoms with Crippen LogP contribution in [0.1, 0.15) is 27.2 Å². The number of carboxylic acids is 1. The molecular formula is C11H15NO4S. The molecule has 0 saturated carbocycles. The van der Waals surface area contributed by atoms with Gasteiger partial charge in [-0.2, -0.15) is 0 Å². The summed E-state index contributed by atoms with van der Waals surface area (Å²) in [5.41, 5.74) is 0.878. The number of carboxylic acid groups (broad SMARTS) is 1. The summed E-state index contributed by atoms with van der Waals surface area (Å²) in [4.78, 5) is 23.5. The third kappa shape index (κ3) is 3.28. The van der Waals surface area contributed by atoms with Crippen LogP contribution in [0.5, 0.6) is 0 Å². The summed E-state index contributed by atoms with van der Waals surface area (Å²) in [7, 11) is 1.51. The number of methoxy groups -OCH3 is 1. The van der Waals surface area contributed by atoms with Crippen LogP contribution in [0, 0.1) is 13.8 Å². The van der Waals surface area contributed by atoms with E-state index in [4.69, 9.17) is 9.84 Å². The van der Waals surface area contributed by atoms with Crippen LogP contribution in [-0.4, -0.2) is 30.7 Å². The first kappa shape index (κ1) is 13.7. The summed E-state index contributed by atoms with van der Waals surface area (Å²) < 4.78 is 4.78. The first-order chi connectivity index (χ1) is 7.97. The van der Waals surface area contributed by atoms with E-state index in [-0.39, 0.29) is 17.9 Å². The molecule has 1 heterocycles. The molecule has 0 aliphatic heterocycles. The molecule has 0 saturated heterocycles. The van der Waals surface area contributed by atoms with Crippen LogP contribution in [0.15, 0.2) is 0 Å². The Morgan fingerprint density at radius 3 is 2.59 bits per heavy atom. The Morgan fingerprint density at radius 1 is 1.41 bits per heavy atom. The monoisotopic (exact) mass is 257 g/mol. The molecule has 1 aromatic rings. The minimum atomic E-state index is -1.02. The molecule has 17 heavy (non-hydrogen) atoms. The maximum atomic E-state index is 11.5. The van der Waals surface area contributed by atoms with E-state index in [0.29, 0.717) is 17.2 Å². The zero-order valence-electron chi connectivity index (χ0n) is 9.99. The van der Waals surface area contributed by atoms with Gasteiger partial charge in [0.05, 0.1) is 18.6 Å². The highest BCUT2D eigenvalue weighted by atomic mass is 32.1. The van der Waals surface area contributed by atoms with Gasteiger partial charge in [0.1, 0.15) is 5.00 Å². The zero-order valence-corrected chi connectivity index (χ0v) is 10.8. The molecule has 0 fully saturated rings. The van der Waals surface area contributed by atoms with Gasteiger partial charge < -0.3 is 15.2 Å². The van der Waals surface area contributed by atoms with Gasteiger partial charge >= 0.3 is 5.97 Å². The number of carbonyl (C=O) groups is 2. The largest absolute Gasteiger partial charge is 0.478 e. The first-order valence-electron chi connectivity index (χ1n) is 5.09. The van der Waals surface area contributed by atoms with Gasteiger partial charge in [-0.05, 0) is 19.4 Å². The number of aryl methyl sites for hydroxylation is 1. The summed E-state index contributed by atoms with van der Waals surface area (Å²) >= 11 is 1.28. The molecule has 6 heteroatoms. The Labute approximate surface area is 103 Å². The second-order valence-electron chi connectivity index (χ2n) is 3.58. The number of thiophene rings is 1. The fraction of sp³-hybridized carbons (Fsp3) is 0.455. The summed E-state index contributed by atoms with van der Waals surface area (Å²) in [6.07, 6.45) is 0.214. The molecule has 0 atom stereocenters. The number of aromatic carboxylic acids is 1. The number of nitrogens with one attached hydrogen (secondary N) is 1. The highest BCUT2D eigenvalue weighted by Gasteiger charge is 2.19. The predicted octanol–water partition coefficient (Wildman–Crippen LogP) is 2.04. The van der Waals surface area contributed by atoms with Crippen LogP contribution in [0.2, 0.25) is 0 Å². The lowest BCUT2D eigenvalue weighted by Crippen LogP contribution is -2.14. The van der Waals surface area contributed by atoms with Gasteiger partial charge in [0.15, 0.2) is 0 Å². The Bertz CT molecular complexity index is 439. The van der Waals surface area contributed by atoms with Gasteiger partial charge in [-0.25, -0.2) is 4.79 Å². The second-order valence-corrected chi connectivity index (χ2v) is 4.81. The molecule has 0 spiro atoms. The van der Waals surface area contributed by atoms with Crippen LogP contribution < -0.4 is 5.32 Å². The van der Waals surface area contributed by atoms with Crippen molar-refractivity contribution >= 4 is 28.2 Å². The van der Waals surface area contributed by atoms with Crippen molar-refractivity contribution in [1.29, 1.82) is 0 Å². The molecule has 94 valence electrons. The molecule has 0 aliphatic rings. The van der Waals surface area contributed by atoms with E-state index in [0.717, 1.165) is 4.88 Å². The van der Waals surface area contributed by atoms with Crippen LogP contribution in [0.4, 0.5) is 5.00 Å². The van der Waals surface area contributed by atoms with Crippen molar-refractivity contribution in [1.82, 2.24) is 0 Å². The standard InChI is InChI=1S/C11H15NO4S/c1-6-7(2)17-10(9(6)11(14)15)12-8(13)4-5-16-3/h4-5H2,1-3H3,(H,12,13)(H,14,15). The average Bonchev–Trinajstić information content (AvgIpc) is 2.51. The number of carbonyl (C=O) groups excluding carboxylic acids is 1. The molecular weight excluding hydrogens is 242 g/mol. The van der Waals surface area contributed by atoms with Crippen LogP contribution >= 0.6 is 11.3 Å². The molecule has 1 aromatic heterocycles. The van der Waals surface area contributed by atoms with Crippen molar-refractivity contribution in [3.8, 4) is 0 Å². The predicted molar refractivity (Wildman–Crippen MR) is 65.9 cm³/mol. The fourth-order valence-electron chi connectivity index (χ4n) is 1.36. The van der Waals surface area contributed by atoms with Crippen LogP contribution in [0.3, 0.4) is 0 Å². The van der Waals surface area contributed by atoms with Crippen molar-refractivity contribution in [2.45, 2.75) is 20.3 Å². The molecule has 0 unspecified atom stereocenters. The highest BCUT2D eigenvalue weighted by molar-refractivity contribution is 7.16. The summed E-state index contributed by atoms with van der Waals surface area (Å²) in [5.74, 6) is -1.26. The lowest BCUT2D eigenvalue weighted by Gasteiger charge is -2.03. The number of rotatable bonds is 5. The maximum Gasteiger partial charge on any atom is 0.338 e. The van der Waals surface area contributed by atoms with E-state index in [1.807, 2.05) is 6.92 Å². The van der Waals surface area contributed by atoms with E-state index in [1.165, 1.54) is 18.4 Å². The van der Waals surface area contributed by atoms with Crippen LogP contribution in [-0.2, 0) is 9.53 Å². The summed E-state index contributed by atoms with van der Waals surface area (Å²) in [6, 6.07) is 0. The SMILES string of the molecule is COCCC(=O)Nc1sc(C)c(C)c1C(=O)O. The van der Waals surface area contributed by atoms with Gasteiger partial charge in [-0.3, -0.25) is 4.79 Å². The van der Waals surface area contributed by atoms with Crippen molar-refractivity contribution < 1.29 is 19.4 Å². The number of amides is 1. The second kappa shape index (κ2) is 5.79. The fourth-order valence-corrected chi connectivity index (χ4v) is 2.43. The minimum absolute atomic E-state index is 0.179. The topological polar surface area (TPSA) is 75.6 Å². The van der Waals surface area contributed by atoms with Crippen molar-refractivity contribution in [2.75, 3.05) is 19.0 Å². The quantitative estimate of drug-likeness (QED) is 0.846. The Hall–Kier alpha value is -1.40. The molecule has 1 rings (SSSR count). The Balaban J connectivity index is 2.87.